The molecule has 0 saturated heterocycles. The van der Waals surface area contributed by atoms with Crippen molar-refractivity contribution in [2.45, 2.75) is 17.7 Å². The Morgan fingerprint density at radius 1 is 1.43 bits per heavy atom. The van der Waals surface area contributed by atoms with Crippen LogP contribution in [0.1, 0.15) is 12.8 Å². The van der Waals surface area contributed by atoms with Crippen LogP contribution in [0, 0.1) is 10.1 Å². The van der Waals surface area contributed by atoms with Crippen molar-refractivity contribution < 1.29 is 13.3 Å². The van der Waals surface area contributed by atoms with Crippen LogP contribution >= 0.6 is 0 Å². The van der Waals surface area contributed by atoms with Crippen LogP contribution in [0.3, 0.4) is 0 Å². The first-order valence-electron chi connectivity index (χ1n) is 6.48. The summed E-state index contributed by atoms with van der Waals surface area (Å²) in [4.78, 5) is 13.2. The molecule has 1 aliphatic rings. The molecule has 0 aliphatic carbocycles. The molecule has 0 atom stereocenters. The molecule has 2 rings (SSSR count). The van der Waals surface area contributed by atoms with Gasteiger partial charge in [-0.3, -0.25) is 0 Å². The zero-order chi connectivity index (χ0) is 15.3. The van der Waals surface area contributed by atoms with Crippen molar-refractivity contribution in [3.05, 3.63) is 40.1 Å². The summed E-state index contributed by atoms with van der Waals surface area (Å²) in [7, 11) is -3.68. The molecule has 9 heteroatoms. The molecular weight excluding hydrogens is 296 g/mol. The van der Waals surface area contributed by atoms with Gasteiger partial charge in [-0.1, -0.05) is 11.6 Å². The normalized spacial score (nSPS) is 15.5. The molecule has 1 aromatic heterocycles. The van der Waals surface area contributed by atoms with Gasteiger partial charge in [0.2, 0.25) is 10.0 Å². The number of hydrogen-bond donors (Lipinski definition) is 2. The second-order valence-electron chi connectivity index (χ2n) is 4.57. The molecule has 21 heavy (non-hydrogen) atoms. The van der Waals surface area contributed by atoms with Gasteiger partial charge in [-0.25, -0.2) is 13.1 Å². The van der Waals surface area contributed by atoms with Gasteiger partial charge in [-0.05, 0) is 35.4 Å². The van der Waals surface area contributed by atoms with E-state index in [4.69, 9.17) is 0 Å². The van der Waals surface area contributed by atoms with Gasteiger partial charge in [0, 0.05) is 19.2 Å². The first-order valence-corrected chi connectivity index (χ1v) is 7.96. The van der Waals surface area contributed by atoms with E-state index >= 15 is 0 Å². The third-order valence-electron chi connectivity index (χ3n) is 3.11. The summed E-state index contributed by atoms with van der Waals surface area (Å²) < 4.78 is 26.5. The van der Waals surface area contributed by atoms with Crippen LogP contribution in [-0.4, -0.2) is 38.0 Å². The number of nitro groups is 1. The number of sulfonamides is 1. The lowest BCUT2D eigenvalue weighted by molar-refractivity contribution is -0.389. The fourth-order valence-corrected chi connectivity index (χ4v) is 2.94. The molecular formula is C12H16N4O4S. The summed E-state index contributed by atoms with van der Waals surface area (Å²) in [6.07, 6.45) is 4.62. The minimum absolute atomic E-state index is 0.0765. The Hall–Kier alpha value is -1.84. The third-order valence-corrected chi connectivity index (χ3v) is 4.56. The third kappa shape index (κ3) is 4.31. The Morgan fingerprint density at radius 3 is 2.81 bits per heavy atom. The Bertz CT molecular complexity index is 640. The van der Waals surface area contributed by atoms with Crippen LogP contribution in [0.25, 0.3) is 0 Å². The summed E-state index contributed by atoms with van der Waals surface area (Å²) in [6, 6.07) is 2.25. The number of nitrogens with one attached hydrogen (secondary N) is 2. The van der Waals surface area contributed by atoms with Gasteiger partial charge in [0.25, 0.3) is 0 Å². The van der Waals surface area contributed by atoms with Gasteiger partial charge in [0.05, 0.1) is 0 Å². The molecule has 114 valence electrons. The molecule has 0 aromatic carbocycles. The summed E-state index contributed by atoms with van der Waals surface area (Å²) in [5.41, 5.74) is 1.22. The maximum atomic E-state index is 12.0. The van der Waals surface area contributed by atoms with E-state index in [0.29, 0.717) is 13.0 Å². The fourth-order valence-electron chi connectivity index (χ4n) is 1.97. The topological polar surface area (TPSA) is 114 Å². The van der Waals surface area contributed by atoms with E-state index < -0.39 is 14.9 Å². The SMILES string of the molecule is O=[N+]([O-])c1ccc(S(=O)(=O)NCCC2=CCNCC2)cn1. The van der Waals surface area contributed by atoms with Crippen LogP contribution < -0.4 is 10.0 Å². The van der Waals surface area contributed by atoms with Crippen LogP contribution in [0.4, 0.5) is 5.82 Å². The Morgan fingerprint density at radius 2 is 2.24 bits per heavy atom. The highest BCUT2D eigenvalue weighted by molar-refractivity contribution is 7.89. The molecule has 0 fully saturated rings. The molecule has 0 radical (unpaired) electrons. The largest absolute Gasteiger partial charge is 0.363 e. The van der Waals surface area contributed by atoms with E-state index in [1.807, 2.05) is 0 Å². The lowest BCUT2D eigenvalue weighted by Gasteiger charge is -2.14. The monoisotopic (exact) mass is 312 g/mol. The Balaban J connectivity index is 1.94. The molecule has 1 aromatic rings. The van der Waals surface area contributed by atoms with Crippen molar-refractivity contribution in [1.82, 2.24) is 15.0 Å². The van der Waals surface area contributed by atoms with E-state index in [9.17, 15) is 18.5 Å². The van der Waals surface area contributed by atoms with Crippen molar-refractivity contribution in [2.75, 3.05) is 19.6 Å². The first kappa shape index (κ1) is 15.5. The van der Waals surface area contributed by atoms with Gasteiger partial charge in [-0.2, -0.15) is 0 Å². The van der Waals surface area contributed by atoms with Crippen molar-refractivity contribution >= 4 is 15.8 Å². The smallest absolute Gasteiger partial charge is 0.358 e. The molecule has 0 unspecified atom stereocenters. The Labute approximate surface area is 122 Å². The van der Waals surface area contributed by atoms with Crippen molar-refractivity contribution in [3.8, 4) is 0 Å². The van der Waals surface area contributed by atoms with E-state index in [-0.39, 0.29) is 10.7 Å². The van der Waals surface area contributed by atoms with Crippen molar-refractivity contribution in [3.63, 3.8) is 0 Å². The first-order chi connectivity index (χ1) is 9.99. The van der Waals surface area contributed by atoms with Crippen LogP contribution in [0.15, 0.2) is 34.9 Å². The zero-order valence-electron chi connectivity index (χ0n) is 11.3. The lowest BCUT2D eigenvalue weighted by Crippen LogP contribution is -2.27. The highest BCUT2D eigenvalue weighted by Gasteiger charge is 2.17. The second kappa shape index (κ2) is 6.74. The maximum absolute atomic E-state index is 12.0. The number of aromatic nitrogens is 1. The number of nitrogens with zero attached hydrogens (tertiary/aromatic N) is 2. The standard InChI is InChI=1S/C12H16N4O4S/c17-16(18)12-2-1-11(9-14-12)21(19,20)15-8-5-10-3-6-13-7-4-10/h1-3,9,13,15H,4-8H2. The minimum Gasteiger partial charge on any atom is -0.358 e. The van der Waals surface area contributed by atoms with E-state index in [2.05, 4.69) is 21.1 Å². The fraction of sp³-hybridized carbons (Fsp3) is 0.417. The Kier molecular flexibility index (Phi) is 4.99. The van der Waals surface area contributed by atoms with Crippen molar-refractivity contribution in [1.29, 1.82) is 0 Å². The predicted molar refractivity (Wildman–Crippen MR) is 76.3 cm³/mol. The molecule has 1 aliphatic heterocycles. The molecule has 2 N–H and O–H groups in total. The molecule has 0 bridgehead atoms. The average molecular weight is 312 g/mol. The van der Waals surface area contributed by atoms with Gasteiger partial charge < -0.3 is 15.4 Å². The van der Waals surface area contributed by atoms with Gasteiger partial charge in [-0.15, -0.1) is 0 Å². The van der Waals surface area contributed by atoms with Crippen molar-refractivity contribution in [2.24, 2.45) is 0 Å². The predicted octanol–water partition coefficient (Wildman–Crippen LogP) is 0.578. The van der Waals surface area contributed by atoms with E-state index in [1.165, 1.54) is 11.6 Å². The average Bonchev–Trinajstić information content (AvgIpc) is 2.48. The van der Waals surface area contributed by atoms with E-state index in [1.54, 1.807) is 0 Å². The molecule has 0 saturated carbocycles. The highest BCUT2D eigenvalue weighted by Crippen LogP contribution is 2.13. The number of rotatable bonds is 6. The summed E-state index contributed by atoms with van der Waals surface area (Å²) in [5, 5.41) is 13.7. The summed E-state index contributed by atoms with van der Waals surface area (Å²) >= 11 is 0. The molecule has 0 spiro atoms. The zero-order valence-corrected chi connectivity index (χ0v) is 12.1. The quantitative estimate of drug-likeness (QED) is 0.451. The summed E-state index contributed by atoms with van der Waals surface area (Å²) in [5.74, 6) is -0.381. The van der Waals surface area contributed by atoms with Crippen LogP contribution in [0.2, 0.25) is 0 Å². The van der Waals surface area contributed by atoms with E-state index in [0.717, 1.165) is 31.8 Å². The molecule has 2 heterocycles. The minimum atomic E-state index is -3.68. The van der Waals surface area contributed by atoms with Gasteiger partial charge in [0.1, 0.15) is 4.90 Å². The highest BCUT2D eigenvalue weighted by atomic mass is 32.2. The molecule has 8 nitrogen and oxygen atoms in total. The van der Waals surface area contributed by atoms with Crippen LogP contribution in [0.5, 0.6) is 0 Å². The molecule has 0 amide bonds. The van der Waals surface area contributed by atoms with Crippen LogP contribution in [-0.2, 0) is 10.0 Å². The second-order valence-corrected chi connectivity index (χ2v) is 6.34. The summed E-state index contributed by atoms with van der Waals surface area (Å²) in [6.45, 7) is 2.02. The maximum Gasteiger partial charge on any atom is 0.363 e. The number of hydrogen-bond acceptors (Lipinski definition) is 6. The van der Waals surface area contributed by atoms with Gasteiger partial charge >= 0.3 is 5.82 Å². The number of pyridine rings is 1. The lowest BCUT2D eigenvalue weighted by atomic mass is 10.1. The van der Waals surface area contributed by atoms with Gasteiger partial charge in [0.15, 0.2) is 6.20 Å².